The van der Waals surface area contributed by atoms with E-state index in [2.05, 4.69) is 33.6 Å². The molecule has 0 N–H and O–H groups in total. The van der Waals surface area contributed by atoms with Crippen molar-refractivity contribution in [2.75, 3.05) is 19.8 Å². The molecule has 0 fully saturated rings. The molecule has 0 heterocycles. The monoisotopic (exact) mass is 530 g/mol. The highest BCUT2D eigenvalue weighted by atomic mass is 19.1. The zero-order valence-corrected chi connectivity index (χ0v) is 21.2. The molecular formula is C29H27FN4O5. The number of hydrogen-bond donors (Lipinski definition) is 0. The van der Waals surface area contributed by atoms with Gasteiger partial charge in [0.15, 0.2) is 0 Å². The lowest BCUT2D eigenvalue weighted by molar-refractivity contribution is -0.138. The van der Waals surface area contributed by atoms with Crippen LogP contribution in [0.2, 0.25) is 0 Å². The summed E-state index contributed by atoms with van der Waals surface area (Å²) in [5.41, 5.74) is 2.60. The van der Waals surface area contributed by atoms with Gasteiger partial charge in [-0.2, -0.15) is 20.5 Å². The van der Waals surface area contributed by atoms with Crippen LogP contribution >= 0.6 is 0 Å². The van der Waals surface area contributed by atoms with E-state index in [1.54, 1.807) is 60.7 Å². The number of benzene rings is 3. The molecular weight excluding hydrogens is 503 g/mol. The fourth-order valence-corrected chi connectivity index (χ4v) is 3.03. The van der Waals surface area contributed by atoms with E-state index in [-0.39, 0.29) is 19.6 Å². The van der Waals surface area contributed by atoms with Crippen molar-refractivity contribution in [2.24, 2.45) is 20.5 Å². The summed E-state index contributed by atoms with van der Waals surface area (Å²) >= 11 is 0. The van der Waals surface area contributed by atoms with Crippen molar-refractivity contribution in [2.45, 2.75) is 12.8 Å². The largest absolute Gasteiger partial charge is 0.493 e. The number of carbonyl (C=O) groups is 2. The molecule has 0 atom stereocenters. The summed E-state index contributed by atoms with van der Waals surface area (Å²) in [5, 5.41) is 16.6. The first-order valence-corrected chi connectivity index (χ1v) is 12.0. The second kappa shape index (κ2) is 15.3. The Balaban J connectivity index is 1.46. The molecule has 0 spiro atoms. The number of hydrogen-bond acceptors (Lipinski definition) is 9. The number of azo groups is 2. The topological polar surface area (TPSA) is 111 Å². The summed E-state index contributed by atoms with van der Waals surface area (Å²) in [6, 6.07) is 18.5. The van der Waals surface area contributed by atoms with Crippen molar-refractivity contribution in [3.8, 4) is 5.75 Å². The van der Waals surface area contributed by atoms with Crippen molar-refractivity contribution in [3.63, 3.8) is 0 Å². The number of esters is 2. The molecule has 0 saturated heterocycles. The van der Waals surface area contributed by atoms with Gasteiger partial charge in [0.05, 0.1) is 42.6 Å². The van der Waals surface area contributed by atoms with Crippen LogP contribution in [0.15, 0.2) is 112 Å². The van der Waals surface area contributed by atoms with Crippen molar-refractivity contribution in [1.29, 1.82) is 0 Å². The van der Waals surface area contributed by atoms with E-state index in [4.69, 9.17) is 14.2 Å². The van der Waals surface area contributed by atoms with Gasteiger partial charge >= 0.3 is 11.9 Å². The van der Waals surface area contributed by atoms with Gasteiger partial charge in [-0.3, -0.25) is 0 Å². The number of nitrogens with zero attached hydrogens (tertiary/aromatic N) is 4. The zero-order chi connectivity index (χ0) is 27.9. The lowest BCUT2D eigenvalue weighted by Gasteiger charge is -2.06. The van der Waals surface area contributed by atoms with Crippen LogP contribution in [0.3, 0.4) is 0 Å². The Morgan fingerprint density at radius 1 is 0.692 bits per heavy atom. The van der Waals surface area contributed by atoms with Crippen LogP contribution in [0, 0.1) is 5.82 Å². The maximum atomic E-state index is 14.3. The fraction of sp³-hybridized carbons (Fsp3) is 0.172. The Bertz CT molecular complexity index is 1340. The zero-order valence-electron chi connectivity index (χ0n) is 21.2. The summed E-state index contributed by atoms with van der Waals surface area (Å²) in [5.74, 6) is -0.789. The highest BCUT2D eigenvalue weighted by molar-refractivity contribution is 5.81. The molecule has 0 amide bonds. The van der Waals surface area contributed by atoms with Gasteiger partial charge in [0.2, 0.25) is 0 Å². The van der Waals surface area contributed by atoms with Crippen LogP contribution in [0.5, 0.6) is 5.75 Å². The number of rotatable bonds is 14. The van der Waals surface area contributed by atoms with E-state index in [9.17, 15) is 14.0 Å². The van der Waals surface area contributed by atoms with Gasteiger partial charge in [-0.1, -0.05) is 19.2 Å². The van der Waals surface area contributed by atoms with Crippen molar-refractivity contribution in [1.82, 2.24) is 0 Å². The van der Waals surface area contributed by atoms with Crippen LogP contribution in [-0.2, 0) is 25.5 Å². The van der Waals surface area contributed by atoms with Crippen LogP contribution in [0.1, 0.15) is 12.0 Å². The average molecular weight is 531 g/mol. The van der Waals surface area contributed by atoms with Crippen LogP contribution < -0.4 is 4.74 Å². The second-order valence-electron chi connectivity index (χ2n) is 7.88. The molecule has 10 heteroatoms. The Hall–Kier alpha value is -4.99. The molecule has 0 aliphatic rings. The van der Waals surface area contributed by atoms with E-state index in [1.807, 2.05) is 0 Å². The standard InChI is InChI=1S/C29H27FN4O5/c1-3-28(35)38-18-5-17-37-26-14-12-24(13-15-26)32-31-22-8-10-23(11-9-22)33-34-25-7-6-21(27(30)20-25)16-19-39-29(36)4-2/h3-4,6-15,20H,1-2,5,16-19H2. The third-order valence-electron chi connectivity index (χ3n) is 5.04. The highest BCUT2D eigenvalue weighted by Gasteiger charge is 2.05. The molecule has 39 heavy (non-hydrogen) atoms. The SMILES string of the molecule is C=CC(=O)OCCCOc1ccc(N=Nc2ccc(N=Nc3ccc(CCOC(=O)C=C)c(F)c3)cc2)cc1. The molecule has 9 nitrogen and oxygen atoms in total. The van der Waals surface area contributed by atoms with Crippen LogP contribution in [0.25, 0.3) is 0 Å². The van der Waals surface area contributed by atoms with Crippen LogP contribution in [0.4, 0.5) is 27.1 Å². The van der Waals surface area contributed by atoms with E-state index >= 15 is 0 Å². The molecule has 0 unspecified atom stereocenters. The third-order valence-corrected chi connectivity index (χ3v) is 5.04. The molecule has 0 aliphatic carbocycles. The summed E-state index contributed by atoms with van der Waals surface area (Å²) in [4.78, 5) is 22.0. The lowest BCUT2D eigenvalue weighted by Crippen LogP contribution is -2.06. The van der Waals surface area contributed by atoms with Gasteiger partial charge in [-0.05, 0) is 60.2 Å². The predicted octanol–water partition coefficient (Wildman–Crippen LogP) is 7.43. The van der Waals surface area contributed by atoms with Gasteiger partial charge < -0.3 is 14.2 Å². The van der Waals surface area contributed by atoms with Crippen LogP contribution in [-0.4, -0.2) is 31.8 Å². The Kier molecular flexibility index (Phi) is 11.2. The summed E-state index contributed by atoms with van der Waals surface area (Å²) in [7, 11) is 0. The molecule has 0 bridgehead atoms. The Morgan fingerprint density at radius 3 is 1.72 bits per heavy atom. The molecule has 3 aromatic rings. The molecule has 0 saturated carbocycles. The van der Waals surface area contributed by atoms with Gasteiger partial charge in [-0.15, -0.1) is 0 Å². The van der Waals surface area contributed by atoms with E-state index < -0.39 is 17.8 Å². The smallest absolute Gasteiger partial charge is 0.330 e. The van der Waals surface area contributed by atoms with Gasteiger partial charge in [0, 0.05) is 31.1 Å². The molecule has 3 aromatic carbocycles. The second-order valence-corrected chi connectivity index (χ2v) is 7.88. The molecule has 0 aliphatic heterocycles. The molecule has 3 rings (SSSR count). The normalized spacial score (nSPS) is 10.9. The van der Waals surface area contributed by atoms with E-state index in [0.29, 0.717) is 47.1 Å². The first-order chi connectivity index (χ1) is 19.0. The molecule has 200 valence electrons. The van der Waals surface area contributed by atoms with E-state index in [1.165, 1.54) is 6.07 Å². The minimum absolute atomic E-state index is 0.0596. The number of carbonyl (C=O) groups excluding carboxylic acids is 2. The minimum Gasteiger partial charge on any atom is -0.493 e. The summed E-state index contributed by atoms with van der Waals surface area (Å²) in [6.07, 6.45) is 2.99. The highest BCUT2D eigenvalue weighted by Crippen LogP contribution is 2.25. The average Bonchev–Trinajstić information content (AvgIpc) is 2.96. The van der Waals surface area contributed by atoms with Crippen molar-refractivity contribution >= 4 is 34.7 Å². The van der Waals surface area contributed by atoms with Crippen molar-refractivity contribution in [3.05, 3.63) is 103 Å². The molecule has 0 radical (unpaired) electrons. The predicted molar refractivity (Wildman–Crippen MR) is 144 cm³/mol. The first-order valence-electron chi connectivity index (χ1n) is 12.0. The first kappa shape index (κ1) is 28.6. The maximum Gasteiger partial charge on any atom is 0.330 e. The maximum absolute atomic E-state index is 14.3. The van der Waals surface area contributed by atoms with E-state index in [0.717, 1.165) is 12.2 Å². The fourth-order valence-electron chi connectivity index (χ4n) is 3.03. The molecule has 0 aromatic heterocycles. The van der Waals surface area contributed by atoms with Gasteiger partial charge in [-0.25, -0.2) is 14.0 Å². The third kappa shape index (κ3) is 10.1. The summed E-state index contributed by atoms with van der Waals surface area (Å²) < 4.78 is 29.6. The number of halogens is 1. The van der Waals surface area contributed by atoms with Gasteiger partial charge in [0.1, 0.15) is 11.6 Å². The van der Waals surface area contributed by atoms with Crippen molar-refractivity contribution < 1.29 is 28.2 Å². The van der Waals surface area contributed by atoms with Gasteiger partial charge in [0.25, 0.3) is 0 Å². The summed E-state index contributed by atoms with van der Waals surface area (Å²) in [6.45, 7) is 7.38. The quantitative estimate of drug-likeness (QED) is 0.0931. The Labute approximate surface area is 225 Å². The lowest BCUT2D eigenvalue weighted by atomic mass is 10.1. The minimum atomic E-state index is -0.549. The number of ether oxygens (including phenoxy) is 3. The Morgan fingerprint density at radius 2 is 1.18 bits per heavy atom.